The van der Waals surface area contributed by atoms with Gasteiger partial charge in [-0.3, -0.25) is 4.79 Å². The van der Waals surface area contributed by atoms with Gasteiger partial charge in [0.15, 0.2) is 5.78 Å². The molecule has 1 heterocycles. The molecule has 1 aromatic heterocycles. The van der Waals surface area contributed by atoms with Crippen molar-refractivity contribution in [2.24, 2.45) is 28.6 Å². The number of hydrogen-bond acceptors (Lipinski definition) is 2. The third kappa shape index (κ3) is 2.16. The van der Waals surface area contributed by atoms with Crippen molar-refractivity contribution in [2.45, 2.75) is 58.8 Å². The Bertz CT molecular complexity index is 770. The van der Waals surface area contributed by atoms with Crippen LogP contribution >= 0.6 is 11.3 Å². The molecule has 132 valence electrons. The largest absolute Gasteiger partial charge is 0.295 e. The summed E-state index contributed by atoms with van der Waals surface area (Å²) in [7, 11) is 0. The molecule has 0 bridgehead atoms. The van der Waals surface area contributed by atoms with Crippen molar-refractivity contribution in [3.05, 3.63) is 40.1 Å². The molecule has 1 aromatic rings. The van der Waals surface area contributed by atoms with E-state index in [1.165, 1.54) is 36.1 Å². The maximum atomic E-state index is 11.9. The predicted octanol–water partition coefficient (Wildman–Crippen LogP) is 6.27. The van der Waals surface area contributed by atoms with Crippen LogP contribution in [0.3, 0.4) is 0 Å². The van der Waals surface area contributed by atoms with Crippen molar-refractivity contribution in [3.8, 4) is 0 Å². The number of fused-ring (bicyclic) bond motifs is 5. The third-order valence-corrected chi connectivity index (χ3v) is 9.23. The Balaban J connectivity index is 1.49. The molecule has 0 radical (unpaired) electrons. The Hall–Kier alpha value is -1.15. The maximum absolute atomic E-state index is 11.9. The van der Waals surface area contributed by atoms with E-state index in [1.807, 2.05) is 17.4 Å². The second-order valence-electron chi connectivity index (χ2n) is 9.26. The molecule has 2 saturated carbocycles. The number of allylic oxidation sites excluding steroid dienone is 4. The van der Waals surface area contributed by atoms with Gasteiger partial charge in [0.25, 0.3) is 0 Å². The molecule has 4 aliphatic carbocycles. The van der Waals surface area contributed by atoms with E-state index in [4.69, 9.17) is 0 Å². The quantitative estimate of drug-likeness (QED) is 0.582. The lowest BCUT2D eigenvalue weighted by Gasteiger charge is -2.57. The Morgan fingerprint density at radius 2 is 1.96 bits per heavy atom. The molecule has 2 heteroatoms. The molecular weight excluding hydrogens is 324 g/mol. The molecule has 0 spiro atoms. The Labute approximate surface area is 155 Å². The van der Waals surface area contributed by atoms with Gasteiger partial charge in [-0.1, -0.05) is 31.6 Å². The smallest absolute Gasteiger partial charge is 0.155 e. The van der Waals surface area contributed by atoms with Crippen LogP contribution in [0.1, 0.15) is 63.7 Å². The zero-order valence-electron chi connectivity index (χ0n) is 15.4. The highest BCUT2D eigenvalue weighted by Gasteiger charge is 2.57. The number of rotatable bonds is 1. The fraction of sp³-hybridized carbons (Fsp3) is 0.609. The molecule has 5 atom stereocenters. The van der Waals surface area contributed by atoms with E-state index in [1.54, 1.807) is 5.57 Å². The van der Waals surface area contributed by atoms with E-state index in [2.05, 4.69) is 37.4 Å². The topological polar surface area (TPSA) is 17.1 Å². The van der Waals surface area contributed by atoms with Crippen LogP contribution in [-0.2, 0) is 4.79 Å². The highest BCUT2D eigenvalue weighted by atomic mass is 32.1. The number of thiophene rings is 1. The first-order chi connectivity index (χ1) is 12.0. The predicted molar refractivity (Wildman–Crippen MR) is 104 cm³/mol. The van der Waals surface area contributed by atoms with Crippen LogP contribution in [0, 0.1) is 28.6 Å². The molecule has 0 saturated heterocycles. The highest BCUT2D eigenvalue weighted by Crippen LogP contribution is 2.66. The van der Waals surface area contributed by atoms with E-state index < -0.39 is 0 Å². The van der Waals surface area contributed by atoms with Crippen LogP contribution in [0.5, 0.6) is 0 Å². The lowest BCUT2D eigenvalue weighted by Crippen LogP contribution is -2.49. The molecule has 0 amide bonds. The van der Waals surface area contributed by atoms with Crippen LogP contribution in [-0.4, -0.2) is 5.78 Å². The van der Waals surface area contributed by atoms with Gasteiger partial charge in [-0.2, -0.15) is 0 Å². The summed E-state index contributed by atoms with van der Waals surface area (Å²) in [6.07, 6.45) is 12.8. The highest BCUT2D eigenvalue weighted by molar-refractivity contribution is 7.11. The summed E-state index contributed by atoms with van der Waals surface area (Å²) >= 11 is 1.91. The summed E-state index contributed by atoms with van der Waals surface area (Å²) in [4.78, 5) is 13.4. The van der Waals surface area contributed by atoms with Crippen LogP contribution in [0.25, 0.3) is 5.57 Å². The molecule has 0 aliphatic heterocycles. The molecule has 5 rings (SSSR count). The summed E-state index contributed by atoms with van der Waals surface area (Å²) < 4.78 is 0. The van der Waals surface area contributed by atoms with Gasteiger partial charge in [0.05, 0.1) is 0 Å². The second-order valence-corrected chi connectivity index (χ2v) is 10.2. The number of hydrogen-bond donors (Lipinski definition) is 0. The van der Waals surface area contributed by atoms with Crippen molar-refractivity contribution in [1.29, 1.82) is 0 Å². The lowest BCUT2D eigenvalue weighted by molar-refractivity contribution is -0.117. The fourth-order valence-electron chi connectivity index (χ4n) is 6.94. The Morgan fingerprint density at radius 3 is 2.76 bits per heavy atom. The first-order valence-electron chi connectivity index (χ1n) is 10.0. The number of carbonyl (C=O) groups is 1. The summed E-state index contributed by atoms with van der Waals surface area (Å²) in [5.41, 5.74) is 3.78. The van der Waals surface area contributed by atoms with Crippen molar-refractivity contribution in [2.75, 3.05) is 0 Å². The van der Waals surface area contributed by atoms with Gasteiger partial charge in [0.1, 0.15) is 0 Å². The minimum absolute atomic E-state index is 0.295. The van der Waals surface area contributed by atoms with Gasteiger partial charge < -0.3 is 0 Å². The van der Waals surface area contributed by atoms with Gasteiger partial charge in [0.2, 0.25) is 0 Å². The normalized spacial score (nSPS) is 43.0. The average Bonchev–Trinajstić information content (AvgIpc) is 3.22. The van der Waals surface area contributed by atoms with Crippen LogP contribution in [0.2, 0.25) is 0 Å². The molecular formula is C23H28OS. The summed E-state index contributed by atoms with van der Waals surface area (Å²) in [5, 5.41) is 2.22. The summed E-state index contributed by atoms with van der Waals surface area (Å²) in [6, 6.07) is 4.51. The first-order valence-corrected chi connectivity index (χ1v) is 10.9. The monoisotopic (exact) mass is 352 g/mol. The van der Waals surface area contributed by atoms with E-state index in [0.29, 0.717) is 16.6 Å². The molecule has 0 unspecified atom stereocenters. The lowest BCUT2D eigenvalue weighted by atomic mass is 9.47. The maximum Gasteiger partial charge on any atom is 0.155 e. The Kier molecular flexibility index (Phi) is 3.48. The van der Waals surface area contributed by atoms with Crippen LogP contribution < -0.4 is 0 Å². The molecule has 1 nitrogen and oxygen atoms in total. The third-order valence-electron chi connectivity index (χ3n) is 8.33. The van der Waals surface area contributed by atoms with Crippen LogP contribution in [0.4, 0.5) is 0 Å². The van der Waals surface area contributed by atoms with E-state index in [9.17, 15) is 4.79 Å². The average molecular weight is 353 g/mol. The van der Waals surface area contributed by atoms with Gasteiger partial charge in [-0.15, -0.1) is 11.3 Å². The zero-order valence-corrected chi connectivity index (χ0v) is 16.2. The van der Waals surface area contributed by atoms with Crippen molar-refractivity contribution in [1.82, 2.24) is 0 Å². The zero-order chi connectivity index (χ0) is 17.2. The van der Waals surface area contributed by atoms with Gasteiger partial charge >= 0.3 is 0 Å². The standard InChI is InChI=1S/C23H28OS/c1-22-11-9-16(24)14-15(22)5-6-17-18-7-8-20(21-4-3-13-25-21)23(18,2)12-10-19(17)22/h3-4,8,13-14,17-19H,5-7,9-12H2,1-2H3/t17-,18-,19-,22-,23-/m0/s1. The summed E-state index contributed by atoms with van der Waals surface area (Å²) in [5.74, 6) is 2.80. The van der Waals surface area contributed by atoms with E-state index >= 15 is 0 Å². The van der Waals surface area contributed by atoms with Gasteiger partial charge in [-0.25, -0.2) is 0 Å². The molecule has 0 aromatic carbocycles. The van der Waals surface area contributed by atoms with E-state index in [-0.39, 0.29) is 0 Å². The van der Waals surface area contributed by atoms with Crippen molar-refractivity contribution < 1.29 is 4.79 Å². The van der Waals surface area contributed by atoms with E-state index in [0.717, 1.165) is 37.0 Å². The van der Waals surface area contributed by atoms with Gasteiger partial charge in [-0.05, 0) is 90.2 Å². The molecule has 0 N–H and O–H groups in total. The minimum atomic E-state index is 0.295. The second kappa shape index (κ2) is 5.42. The van der Waals surface area contributed by atoms with Crippen molar-refractivity contribution >= 4 is 22.7 Å². The Morgan fingerprint density at radius 1 is 1.08 bits per heavy atom. The number of ketones is 1. The molecule has 4 aliphatic rings. The van der Waals surface area contributed by atoms with Gasteiger partial charge in [0, 0.05) is 11.3 Å². The minimum Gasteiger partial charge on any atom is -0.295 e. The SMILES string of the molecule is C[C@]12CCC(=O)C=C1CC[C@@H]1[C@@H]2CC[C@]2(C)C(c3cccs3)=CC[C@@H]12. The van der Waals surface area contributed by atoms with Crippen LogP contribution in [0.15, 0.2) is 35.2 Å². The fourth-order valence-corrected chi connectivity index (χ4v) is 7.84. The number of carbonyl (C=O) groups excluding carboxylic acids is 1. The first kappa shape index (κ1) is 16.1. The molecule has 25 heavy (non-hydrogen) atoms. The summed E-state index contributed by atoms with van der Waals surface area (Å²) in [6.45, 7) is 5.03. The van der Waals surface area contributed by atoms with Crippen molar-refractivity contribution in [3.63, 3.8) is 0 Å². The molecule has 2 fully saturated rings.